The lowest BCUT2D eigenvalue weighted by Crippen LogP contribution is -2.37. The van der Waals surface area contributed by atoms with Crippen LogP contribution in [0.2, 0.25) is 0 Å². The van der Waals surface area contributed by atoms with Crippen LogP contribution in [-0.2, 0) is 14.3 Å². The van der Waals surface area contributed by atoms with Gasteiger partial charge in [0, 0.05) is 30.6 Å². The first-order valence-corrected chi connectivity index (χ1v) is 9.99. The molecule has 1 aliphatic rings. The molecule has 0 saturated carbocycles. The molecule has 0 aliphatic carbocycles. The Morgan fingerprint density at radius 2 is 1.76 bits per heavy atom. The van der Waals surface area contributed by atoms with Gasteiger partial charge in [-0.05, 0) is 32.1 Å². The molecule has 0 aromatic carbocycles. The second kappa shape index (κ2) is 9.12. The van der Waals surface area contributed by atoms with Gasteiger partial charge >= 0.3 is 0 Å². The molecule has 2 unspecified atom stereocenters. The van der Waals surface area contributed by atoms with Crippen LogP contribution in [-0.4, -0.2) is 23.3 Å². The fourth-order valence-electron chi connectivity index (χ4n) is 4.14. The number of hydrogen-bond acceptors (Lipinski definition) is 3. The van der Waals surface area contributed by atoms with Gasteiger partial charge in [0.1, 0.15) is 11.6 Å². The largest absolute Gasteiger partial charge is 0.365 e. The van der Waals surface area contributed by atoms with E-state index in [1.165, 1.54) is 0 Å². The van der Waals surface area contributed by atoms with Crippen LogP contribution in [0.3, 0.4) is 0 Å². The number of carbonyl (C=O) groups is 2. The van der Waals surface area contributed by atoms with Crippen molar-refractivity contribution in [3.63, 3.8) is 0 Å². The van der Waals surface area contributed by atoms with E-state index >= 15 is 0 Å². The van der Waals surface area contributed by atoms with Gasteiger partial charge in [-0.2, -0.15) is 0 Å². The van der Waals surface area contributed by atoms with Crippen LogP contribution < -0.4 is 0 Å². The molecule has 0 aromatic rings. The van der Waals surface area contributed by atoms with Gasteiger partial charge in [0.05, 0.1) is 11.7 Å². The highest BCUT2D eigenvalue weighted by Crippen LogP contribution is 2.50. The Bertz CT molecular complexity index is 496. The minimum Gasteiger partial charge on any atom is -0.365 e. The summed E-state index contributed by atoms with van der Waals surface area (Å²) in [5.41, 5.74) is -0.225. The fraction of sp³-hybridized carbons (Fsp3) is 0.818. The maximum Gasteiger partial charge on any atom is 0.139 e. The van der Waals surface area contributed by atoms with E-state index in [0.29, 0.717) is 24.5 Å². The lowest BCUT2D eigenvalue weighted by Gasteiger charge is -2.30. The molecule has 0 N–H and O–H groups in total. The lowest BCUT2D eigenvalue weighted by molar-refractivity contribution is -0.131. The van der Waals surface area contributed by atoms with Crippen molar-refractivity contribution in [2.75, 3.05) is 0 Å². The monoisotopic (exact) mass is 350 g/mol. The first-order valence-electron chi connectivity index (χ1n) is 9.99. The summed E-state index contributed by atoms with van der Waals surface area (Å²) in [7, 11) is 0. The molecule has 0 amide bonds. The van der Waals surface area contributed by atoms with E-state index in [1.807, 2.05) is 27.7 Å². The highest BCUT2D eigenvalue weighted by atomic mass is 16.6. The van der Waals surface area contributed by atoms with Crippen molar-refractivity contribution in [1.29, 1.82) is 0 Å². The maximum absolute atomic E-state index is 13.1. The van der Waals surface area contributed by atoms with E-state index in [4.69, 9.17) is 4.74 Å². The van der Waals surface area contributed by atoms with E-state index in [-0.39, 0.29) is 41.2 Å². The molecule has 0 radical (unpaired) electrons. The number of Topliss-reactive ketones (excluding diaryl/α,β-unsaturated/α-hetero) is 2. The summed E-state index contributed by atoms with van der Waals surface area (Å²) in [6.45, 7) is 16.5. The summed E-state index contributed by atoms with van der Waals surface area (Å²) < 4.78 is 6.08. The SMILES string of the molecule is C/C=C\[C@H](C)[C@H]1OC1(C)[C@@H](C)[C@@H](CC)C(=O)[C@@H](C)C(C)CC(=O)CC. The zero-order valence-electron chi connectivity index (χ0n) is 17.5. The summed E-state index contributed by atoms with van der Waals surface area (Å²) in [6, 6.07) is 0. The molecule has 0 aromatic heterocycles. The van der Waals surface area contributed by atoms with Crippen molar-refractivity contribution in [1.82, 2.24) is 0 Å². The maximum atomic E-state index is 13.1. The second-order valence-corrected chi connectivity index (χ2v) is 8.18. The van der Waals surface area contributed by atoms with Gasteiger partial charge in [0.25, 0.3) is 0 Å². The Morgan fingerprint density at radius 1 is 1.16 bits per heavy atom. The quantitative estimate of drug-likeness (QED) is 0.379. The third-order valence-electron chi connectivity index (χ3n) is 6.42. The molecule has 1 fully saturated rings. The Morgan fingerprint density at radius 3 is 2.24 bits per heavy atom. The highest BCUT2D eigenvalue weighted by molar-refractivity contribution is 5.85. The zero-order chi connectivity index (χ0) is 19.4. The van der Waals surface area contributed by atoms with Gasteiger partial charge in [-0.3, -0.25) is 9.59 Å². The van der Waals surface area contributed by atoms with Crippen LogP contribution >= 0.6 is 0 Å². The van der Waals surface area contributed by atoms with Crippen LogP contribution in [0.15, 0.2) is 12.2 Å². The Hall–Kier alpha value is -0.960. The predicted octanol–water partition coefficient (Wildman–Crippen LogP) is 5.23. The first-order chi connectivity index (χ1) is 11.6. The number of ketones is 2. The zero-order valence-corrected chi connectivity index (χ0v) is 17.5. The molecule has 1 heterocycles. The van der Waals surface area contributed by atoms with Gasteiger partial charge in [-0.1, -0.05) is 53.7 Å². The van der Waals surface area contributed by atoms with E-state index in [9.17, 15) is 9.59 Å². The Balaban J connectivity index is 2.80. The van der Waals surface area contributed by atoms with Gasteiger partial charge in [-0.15, -0.1) is 0 Å². The van der Waals surface area contributed by atoms with Gasteiger partial charge < -0.3 is 4.74 Å². The average Bonchev–Trinajstić information content (AvgIpc) is 3.28. The molecule has 1 saturated heterocycles. The Kier molecular flexibility index (Phi) is 8.05. The Labute approximate surface area is 154 Å². The summed E-state index contributed by atoms with van der Waals surface area (Å²) in [5.74, 6) is 1.08. The molecule has 0 spiro atoms. The van der Waals surface area contributed by atoms with E-state index in [0.717, 1.165) is 6.42 Å². The van der Waals surface area contributed by atoms with Crippen molar-refractivity contribution in [2.45, 2.75) is 86.4 Å². The van der Waals surface area contributed by atoms with Crippen molar-refractivity contribution >= 4 is 11.6 Å². The number of hydrogen-bond donors (Lipinski definition) is 0. The van der Waals surface area contributed by atoms with Gasteiger partial charge in [0.2, 0.25) is 0 Å². The predicted molar refractivity (Wildman–Crippen MR) is 103 cm³/mol. The molecule has 3 heteroatoms. The molecule has 144 valence electrons. The van der Waals surface area contributed by atoms with Crippen molar-refractivity contribution < 1.29 is 14.3 Å². The van der Waals surface area contributed by atoms with Crippen LogP contribution in [0.25, 0.3) is 0 Å². The highest BCUT2D eigenvalue weighted by Gasteiger charge is 2.59. The van der Waals surface area contributed by atoms with E-state index in [2.05, 4.69) is 39.8 Å². The normalized spacial score (nSPS) is 29.0. The fourth-order valence-corrected chi connectivity index (χ4v) is 4.14. The standard InChI is InChI=1S/C22H38O3/c1-9-12-14(4)21-22(8,25-21)17(7)19(11-3)20(24)16(6)15(5)13-18(23)10-2/h9,12,14-17,19,21H,10-11,13H2,1-8H3/b12-9-/t14-,15?,16-,17-,19+,21+,22?/m0/s1. The topological polar surface area (TPSA) is 46.7 Å². The van der Waals surface area contributed by atoms with Crippen molar-refractivity contribution in [3.8, 4) is 0 Å². The molecule has 7 atom stereocenters. The number of rotatable bonds is 11. The second-order valence-electron chi connectivity index (χ2n) is 8.18. The summed E-state index contributed by atoms with van der Waals surface area (Å²) >= 11 is 0. The van der Waals surface area contributed by atoms with E-state index < -0.39 is 0 Å². The smallest absolute Gasteiger partial charge is 0.139 e. The summed E-state index contributed by atoms with van der Waals surface area (Å²) in [4.78, 5) is 24.9. The molecule has 3 nitrogen and oxygen atoms in total. The third-order valence-corrected chi connectivity index (χ3v) is 6.42. The molecule has 1 rings (SSSR count). The first kappa shape index (κ1) is 22.1. The van der Waals surface area contributed by atoms with Crippen LogP contribution in [0.4, 0.5) is 0 Å². The summed E-state index contributed by atoms with van der Waals surface area (Å²) in [6.07, 6.45) is 6.30. The third kappa shape index (κ3) is 5.03. The molecular weight excluding hydrogens is 312 g/mol. The molecule has 1 aliphatic heterocycles. The van der Waals surface area contributed by atoms with Gasteiger partial charge in [0.15, 0.2) is 0 Å². The summed E-state index contributed by atoms with van der Waals surface area (Å²) in [5, 5.41) is 0. The minimum atomic E-state index is -0.225. The van der Waals surface area contributed by atoms with E-state index in [1.54, 1.807) is 0 Å². The number of carbonyl (C=O) groups excluding carboxylic acids is 2. The van der Waals surface area contributed by atoms with Crippen LogP contribution in [0.1, 0.15) is 74.7 Å². The number of allylic oxidation sites excluding steroid dienone is 1. The van der Waals surface area contributed by atoms with Gasteiger partial charge in [-0.25, -0.2) is 0 Å². The molecular formula is C22H38O3. The minimum absolute atomic E-state index is 0.0121. The van der Waals surface area contributed by atoms with Crippen molar-refractivity contribution in [3.05, 3.63) is 12.2 Å². The molecule has 25 heavy (non-hydrogen) atoms. The lowest BCUT2D eigenvalue weighted by atomic mass is 9.72. The van der Waals surface area contributed by atoms with Crippen LogP contribution in [0.5, 0.6) is 0 Å². The number of ether oxygens (including phenoxy) is 1. The van der Waals surface area contributed by atoms with Crippen LogP contribution in [0, 0.1) is 29.6 Å². The molecule has 0 bridgehead atoms. The van der Waals surface area contributed by atoms with Crippen molar-refractivity contribution in [2.24, 2.45) is 29.6 Å². The number of epoxide rings is 1. The average molecular weight is 351 g/mol.